The minimum atomic E-state index is -0.174. The first-order chi connectivity index (χ1) is 7.57. The van der Waals surface area contributed by atoms with E-state index in [4.69, 9.17) is 4.74 Å². The lowest BCUT2D eigenvalue weighted by atomic mass is 9.83. The molecule has 0 saturated carbocycles. The fraction of sp³-hybridized carbons (Fsp3) is 1.00. The van der Waals surface area contributed by atoms with Crippen molar-refractivity contribution in [1.29, 1.82) is 0 Å². The van der Waals surface area contributed by atoms with Crippen molar-refractivity contribution in [2.24, 2.45) is 11.8 Å². The molecule has 0 aromatic carbocycles. The van der Waals surface area contributed by atoms with Crippen LogP contribution in [-0.2, 0) is 4.74 Å². The van der Waals surface area contributed by atoms with Crippen LogP contribution in [0.1, 0.15) is 59.8 Å². The van der Waals surface area contributed by atoms with E-state index in [2.05, 4.69) is 27.7 Å². The predicted octanol–water partition coefficient (Wildman–Crippen LogP) is 3.38. The average Bonchev–Trinajstić information content (AvgIpc) is 2.48. The zero-order valence-corrected chi connectivity index (χ0v) is 11.3. The molecule has 5 unspecified atom stereocenters. The minimum Gasteiger partial charge on any atom is -0.393 e. The summed E-state index contributed by atoms with van der Waals surface area (Å²) in [5.41, 5.74) is 0. The van der Waals surface area contributed by atoms with E-state index in [9.17, 15) is 5.11 Å². The smallest absolute Gasteiger partial charge is 0.0607 e. The monoisotopic (exact) mass is 228 g/mol. The summed E-state index contributed by atoms with van der Waals surface area (Å²) in [7, 11) is 0. The van der Waals surface area contributed by atoms with Crippen molar-refractivity contribution >= 4 is 0 Å². The number of aliphatic hydroxyl groups excluding tert-OH is 1. The van der Waals surface area contributed by atoms with E-state index in [0.29, 0.717) is 17.9 Å². The van der Waals surface area contributed by atoms with Gasteiger partial charge in [0.1, 0.15) is 0 Å². The Morgan fingerprint density at radius 3 is 2.25 bits per heavy atom. The van der Waals surface area contributed by atoms with Crippen LogP contribution in [0.4, 0.5) is 0 Å². The molecule has 1 aliphatic heterocycles. The standard InChI is InChI=1S/C14H28O2/c1-5-6-7-8-9-13(15)14-10(2)11(3)16-12(14)4/h10-15H,5-9H2,1-4H3. The van der Waals surface area contributed by atoms with Crippen LogP contribution in [0.25, 0.3) is 0 Å². The third-order valence-corrected chi connectivity index (χ3v) is 4.12. The summed E-state index contributed by atoms with van der Waals surface area (Å²) in [6, 6.07) is 0. The molecule has 1 aliphatic rings. The molecule has 0 aromatic rings. The van der Waals surface area contributed by atoms with Crippen LogP contribution in [0.5, 0.6) is 0 Å². The van der Waals surface area contributed by atoms with Gasteiger partial charge in [-0.1, -0.05) is 39.5 Å². The molecular formula is C14H28O2. The molecular weight excluding hydrogens is 200 g/mol. The van der Waals surface area contributed by atoms with Crippen molar-refractivity contribution in [3.8, 4) is 0 Å². The van der Waals surface area contributed by atoms with Crippen molar-refractivity contribution in [3.63, 3.8) is 0 Å². The maximum Gasteiger partial charge on any atom is 0.0607 e. The van der Waals surface area contributed by atoms with Crippen LogP contribution >= 0.6 is 0 Å². The van der Waals surface area contributed by atoms with Gasteiger partial charge >= 0.3 is 0 Å². The Morgan fingerprint density at radius 2 is 1.75 bits per heavy atom. The van der Waals surface area contributed by atoms with Gasteiger partial charge in [-0.2, -0.15) is 0 Å². The Hall–Kier alpha value is -0.0800. The molecule has 96 valence electrons. The largest absolute Gasteiger partial charge is 0.393 e. The van der Waals surface area contributed by atoms with Gasteiger partial charge in [-0.3, -0.25) is 0 Å². The molecule has 5 atom stereocenters. The van der Waals surface area contributed by atoms with Gasteiger partial charge in [0.15, 0.2) is 0 Å². The van der Waals surface area contributed by atoms with Crippen molar-refractivity contribution in [1.82, 2.24) is 0 Å². The summed E-state index contributed by atoms with van der Waals surface area (Å²) in [4.78, 5) is 0. The van der Waals surface area contributed by atoms with E-state index in [1.54, 1.807) is 0 Å². The SMILES string of the molecule is CCCCCCC(O)C1C(C)OC(C)C1C. The lowest BCUT2D eigenvalue weighted by molar-refractivity contribution is 0.0203. The van der Waals surface area contributed by atoms with Crippen LogP contribution in [-0.4, -0.2) is 23.4 Å². The average molecular weight is 228 g/mol. The lowest BCUT2D eigenvalue weighted by Crippen LogP contribution is -2.30. The second-order valence-electron chi connectivity index (χ2n) is 5.40. The van der Waals surface area contributed by atoms with Gasteiger partial charge in [0, 0.05) is 5.92 Å². The van der Waals surface area contributed by atoms with Crippen molar-refractivity contribution in [2.75, 3.05) is 0 Å². The number of ether oxygens (including phenoxy) is 1. The summed E-state index contributed by atoms with van der Waals surface area (Å²) in [5, 5.41) is 10.2. The highest BCUT2D eigenvalue weighted by Gasteiger charge is 2.40. The fourth-order valence-corrected chi connectivity index (χ4v) is 2.93. The zero-order valence-electron chi connectivity index (χ0n) is 11.3. The second kappa shape index (κ2) is 6.61. The molecule has 0 spiro atoms. The molecule has 0 aromatic heterocycles. The molecule has 1 rings (SSSR count). The normalized spacial score (nSPS) is 36.6. The Bertz CT molecular complexity index is 193. The summed E-state index contributed by atoms with van der Waals surface area (Å²) >= 11 is 0. The van der Waals surface area contributed by atoms with Gasteiger partial charge in [0.25, 0.3) is 0 Å². The second-order valence-corrected chi connectivity index (χ2v) is 5.40. The van der Waals surface area contributed by atoms with E-state index in [1.807, 2.05) is 0 Å². The molecule has 0 amide bonds. The highest BCUT2D eigenvalue weighted by atomic mass is 16.5. The van der Waals surface area contributed by atoms with E-state index >= 15 is 0 Å². The van der Waals surface area contributed by atoms with Gasteiger partial charge in [-0.25, -0.2) is 0 Å². The number of unbranched alkanes of at least 4 members (excludes halogenated alkanes) is 3. The third kappa shape index (κ3) is 3.46. The van der Waals surface area contributed by atoms with Crippen LogP contribution in [0.15, 0.2) is 0 Å². The fourth-order valence-electron chi connectivity index (χ4n) is 2.93. The number of aliphatic hydroxyl groups is 1. The zero-order chi connectivity index (χ0) is 12.1. The van der Waals surface area contributed by atoms with E-state index in [-0.39, 0.29) is 12.2 Å². The number of rotatable bonds is 6. The van der Waals surface area contributed by atoms with Crippen LogP contribution in [0.3, 0.4) is 0 Å². The Labute approximate surface area is 100 Å². The Morgan fingerprint density at radius 1 is 1.06 bits per heavy atom. The summed E-state index contributed by atoms with van der Waals surface area (Å²) in [6.07, 6.45) is 6.22. The van der Waals surface area contributed by atoms with Gasteiger partial charge < -0.3 is 9.84 Å². The van der Waals surface area contributed by atoms with E-state index < -0.39 is 0 Å². The Kier molecular flexibility index (Phi) is 5.77. The first-order valence-corrected chi connectivity index (χ1v) is 6.91. The minimum absolute atomic E-state index is 0.174. The van der Waals surface area contributed by atoms with Crippen LogP contribution in [0.2, 0.25) is 0 Å². The van der Waals surface area contributed by atoms with E-state index in [1.165, 1.54) is 19.3 Å². The maximum absolute atomic E-state index is 10.2. The van der Waals surface area contributed by atoms with Crippen molar-refractivity contribution in [2.45, 2.75) is 78.1 Å². The van der Waals surface area contributed by atoms with Crippen molar-refractivity contribution < 1.29 is 9.84 Å². The Balaban J connectivity index is 2.32. The molecule has 0 bridgehead atoms. The first-order valence-electron chi connectivity index (χ1n) is 6.91. The van der Waals surface area contributed by atoms with Gasteiger partial charge in [-0.05, 0) is 26.2 Å². The molecule has 0 aliphatic carbocycles. The summed E-state index contributed by atoms with van der Waals surface area (Å²) in [5.74, 6) is 0.813. The molecule has 1 N–H and O–H groups in total. The van der Waals surface area contributed by atoms with E-state index in [0.717, 1.165) is 12.8 Å². The first kappa shape index (κ1) is 14.0. The molecule has 16 heavy (non-hydrogen) atoms. The molecule has 2 nitrogen and oxygen atoms in total. The number of hydrogen-bond acceptors (Lipinski definition) is 2. The third-order valence-electron chi connectivity index (χ3n) is 4.12. The predicted molar refractivity (Wildman–Crippen MR) is 67.4 cm³/mol. The quantitative estimate of drug-likeness (QED) is 0.706. The summed E-state index contributed by atoms with van der Waals surface area (Å²) < 4.78 is 5.77. The number of hydrogen-bond donors (Lipinski definition) is 1. The molecule has 1 heterocycles. The topological polar surface area (TPSA) is 29.5 Å². The molecule has 2 heteroatoms. The van der Waals surface area contributed by atoms with Crippen LogP contribution < -0.4 is 0 Å². The van der Waals surface area contributed by atoms with Crippen molar-refractivity contribution in [3.05, 3.63) is 0 Å². The van der Waals surface area contributed by atoms with Gasteiger partial charge in [-0.15, -0.1) is 0 Å². The maximum atomic E-state index is 10.2. The van der Waals surface area contributed by atoms with Crippen LogP contribution in [0, 0.1) is 11.8 Å². The van der Waals surface area contributed by atoms with Gasteiger partial charge in [0.2, 0.25) is 0 Å². The summed E-state index contributed by atoms with van der Waals surface area (Å²) in [6.45, 7) is 8.63. The molecule has 1 saturated heterocycles. The molecule has 0 radical (unpaired) electrons. The lowest BCUT2D eigenvalue weighted by Gasteiger charge is -2.24. The molecule has 1 fully saturated rings. The van der Waals surface area contributed by atoms with Gasteiger partial charge in [0.05, 0.1) is 18.3 Å². The highest BCUT2D eigenvalue weighted by Crippen LogP contribution is 2.35. The highest BCUT2D eigenvalue weighted by molar-refractivity contribution is 4.88.